The van der Waals surface area contributed by atoms with Crippen molar-refractivity contribution in [2.45, 2.75) is 59.1 Å². The Bertz CT molecular complexity index is 1480. The summed E-state index contributed by atoms with van der Waals surface area (Å²) in [7, 11) is 3.96. The minimum Gasteiger partial charge on any atom is -0.444 e. The van der Waals surface area contributed by atoms with Crippen molar-refractivity contribution in [2.75, 3.05) is 61.1 Å². The molecule has 1 aliphatic heterocycles. The second-order valence-corrected chi connectivity index (χ2v) is 13.5. The van der Waals surface area contributed by atoms with Crippen LogP contribution in [0.25, 0.3) is 0 Å². The van der Waals surface area contributed by atoms with E-state index in [1.165, 1.54) is 12.8 Å². The van der Waals surface area contributed by atoms with Gasteiger partial charge in [0.15, 0.2) is 0 Å². The Kier molecular flexibility index (Phi) is 12.2. The van der Waals surface area contributed by atoms with Crippen molar-refractivity contribution in [3.05, 3.63) is 83.9 Å². The van der Waals surface area contributed by atoms with Gasteiger partial charge in [-0.05, 0) is 120 Å². The highest BCUT2D eigenvalue weighted by molar-refractivity contribution is 6.06. The lowest BCUT2D eigenvalue weighted by atomic mass is 9.99. The summed E-state index contributed by atoms with van der Waals surface area (Å²) in [5.41, 5.74) is 3.41. The molecule has 0 aliphatic carbocycles. The van der Waals surface area contributed by atoms with Crippen LogP contribution in [0.15, 0.2) is 72.8 Å². The quantitative estimate of drug-likeness (QED) is 0.200. The molecule has 0 saturated carbocycles. The Morgan fingerprint density at radius 1 is 0.851 bits per heavy atom. The van der Waals surface area contributed by atoms with Crippen LogP contribution in [0, 0.1) is 5.92 Å². The normalized spacial score (nSPS) is 13.8. The number of carbonyl (C=O) groups excluding carboxylic acids is 3. The Labute approximate surface area is 279 Å². The Balaban J connectivity index is 1.40. The fourth-order valence-electron chi connectivity index (χ4n) is 5.36. The van der Waals surface area contributed by atoms with Gasteiger partial charge in [-0.1, -0.05) is 31.2 Å². The van der Waals surface area contributed by atoms with Crippen LogP contribution in [-0.4, -0.2) is 73.7 Å². The predicted molar refractivity (Wildman–Crippen MR) is 190 cm³/mol. The number of amides is 4. The van der Waals surface area contributed by atoms with Gasteiger partial charge in [-0.3, -0.25) is 10.1 Å². The highest BCUT2D eigenvalue weighted by Crippen LogP contribution is 2.24. The van der Waals surface area contributed by atoms with E-state index in [0.29, 0.717) is 30.0 Å². The van der Waals surface area contributed by atoms with E-state index in [4.69, 9.17) is 4.74 Å². The monoisotopic (exact) mass is 642 g/mol. The van der Waals surface area contributed by atoms with Crippen LogP contribution in [0.5, 0.6) is 0 Å². The zero-order valence-electron chi connectivity index (χ0n) is 28.6. The van der Waals surface area contributed by atoms with Crippen molar-refractivity contribution in [3.8, 4) is 0 Å². The second kappa shape index (κ2) is 16.3. The fourth-order valence-corrected chi connectivity index (χ4v) is 5.36. The van der Waals surface area contributed by atoms with Gasteiger partial charge < -0.3 is 30.1 Å². The van der Waals surface area contributed by atoms with Crippen molar-refractivity contribution in [2.24, 2.45) is 5.92 Å². The molecule has 1 fully saturated rings. The lowest BCUT2D eigenvalue weighted by Crippen LogP contribution is -2.38. The average Bonchev–Trinajstić information content (AvgIpc) is 3.02. The molecule has 47 heavy (non-hydrogen) atoms. The molecule has 252 valence electrons. The van der Waals surface area contributed by atoms with Gasteiger partial charge in [0.2, 0.25) is 0 Å². The predicted octanol–water partition coefficient (Wildman–Crippen LogP) is 7.51. The van der Waals surface area contributed by atoms with E-state index >= 15 is 0 Å². The number of piperidine rings is 1. The standard InChI is InChI=1S/C37H50N6O4/c1-27-20-24-42(25-21-27)22-9-23-43(35(45)38-30-16-18-31(19-17-30)41(5)6)26-28-12-14-29(15-13-28)34(44)39-32-10-7-8-11-33(32)40-36(46)47-37(2,3)4/h7-8,10-19,27H,9,20-26H2,1-6H3,(H,38,45)(H,39,44)(H,40,46). The summed E-state index contributed by atoms with van der Waals surface area (Å²) in [6, 6.07) is 21.8. The number of nitrogens with zero attached hydrogens (tertiary/aromatic N) is 3. The summed E-state index contributed by atoms with van der Waals surface area (Å²) in [5, 5.41) is 8.65. The molecule has 4 amide bonds. The number of urea groups is 1. The smallest absolute Gasteiger partial charge is 0.412 e. The summed E-state index contributed by atoms with van der Waals surface area (Å²) in [4.78, 5) is 45.3. The number of carbonyl (C=O) groups is 3. The average molecular weight is 643 g/mol. The molecule has 1 aliphatic rings. The first-order chi connectivity index (χ1) is 22.4. The van der Waals surface area contributed by atoms with E-state index in [1.54, 1.807) is 57.2 Å². The van der Waals surface area contributed by atoms with Gasteiger partial charge in [0.05, 0.1) is 11.4 Å². The number of benzene rings is 3. The first-order valence-electron chi connectivity index (χ1n) is 16.4. The highest BCUT2D eigenvalue weighted by atomic mass is 16.6. The van der Waals surface area contributed by atoms with Crippen LogP contribution in [0.4, 0.5) is 32.3 Å². The van der Waals surface area contributed by atoms with Gasteiger partial charge in [-0.15, -0.1) is 0 Å². The number of rotatable bonds is 11. The molecule has 10 nitrogen and oxygen atoms in total. The second-order valence-electron chi connectivity index (χ2n) is 13.5. The number of para-hydroxylation sites is 2. The van der Waals surface area contributed by atoms with E-state index in [-0.39, 0.29) is 11.9 Å². The van der Waals surface area contributed by atoms with Crippen LogP contribution < -0.4 is 20.9 Å². The molecule has 3 N–H and O–H groups in total. The molecule has 0 atom stereocenters. The molecule has 0 aromatic heterocycles. The number of nitrogens with one attached hydrogen (secondary N) is 3. The topological polar surface area (TPSA) is 106 Å². The summed E-state index contributed by atoms with van der Waals surface area (Å²) in [6.45, 7) is 11.9. The van der Waals surface area contributed by atoms with E-state index < -0.39 is 11.7 Å². The van der Waals surface area contributed by atoms with E-state index in [1.807, 2.05) is 60.3 Å². The van der Waals surface area contributed by atoms with Crippen LogP contribution in [0.2, 0.25) is 0 Å². The molecule has 0 bridgehead atoms. The molecule has 0 spiro atoms. The maximum absolute atomic E-state index is 13.5. The Hall–Kier alpha value is -4.57. The van der Waals surface area contributed by atoms with Gasteiger partial charge in [-0.25, -0.2) is 9.59 Å². The molecule has 4 rings (SSSR count). The molecular formula is C37H50N6O4. The number of anilines is 4. The van der Waals surface area contributed by atoms with E-state index in [0.717, 1.165) is 48.9 Å². The lowest BCUT2D eigenvalue weighted by Gasteiger charge is -2.31. The zero-order valence-corrected chi connectivity index (χ0v) is 28.6. The van der Waals surface area contributed by atoms with Crippen molar-refractivity contribution in [1.29, 1.82) is 0 Å². The number of hydrogen-bond donors (Lipinski definition) is 3. The van der Waals surface area contributed by atoms with Gasteiger partial charge in [-0.2, -0.15) is 0 Å². The first kappa shape index (κ1) is 35.3. The minimum atomic E-state index is -0.649. The summed E-state index contributed by atoms with van der Waals surface area (Å²) >= 11 is 0. The van der Waals surface area contributed by atoms with Crippen molar-refractivity contribution in [3.63, 3.8) is 0 Å². The van der Waals surface area contributed by atoms with Crippen LogP contribution in [0.1, 0.15) is 62.9 Å². The minimum absolute atomic E-state index is 0.161. The number of hydrogen-bond acceptors (Lipinski definition) is 6. The molecular weight excluding hydrogens is 592 g/mol. The van der Waals surface area contributed by atoms with Gasteiger partial charge >= 0.3 is 12.1 Å². The number of ether oxygens (including phenoxy) is 1. The largest absolute Gasteiger partial charge is 0.444 e. The van der Waals surface area contributed by atoms with Gasteiger partial charge in [0, 0.05) is 44.1 Å². The maximum Gasteiger partial charge on any atom is 0.412 e. The van der Waals surface area contributed by atoms with Crippen LogP contribution in [0.3, 0.4) is 0 Å². The molecule has 0 unspecified atom stereocenters. The SMILES string of the molecule is CC1CCN(CCCN(Cc2ccc(C(=O)Nc3ccccc3NC(=O)OC(C)(C)C)cc2)C(=O)Nc2ccc(N(C)C)cc2)CC1. The maximum atomic E-state index is 13.5. The first-order valence-corrected chi connectivity index (χ1v) is 16.4. The third kappa shape index (κ3) is 11.3. The molecule has 1 heterocycles. The Morgan fingerprint density at radius 3 is 2.06 bits per heavy atom. The van der Waals surface area contributed by atoms with Crippen molar-refractivity contribution in [1.82, 2.24) is 9.80 Å². The van der Waals surface area contributed by atoms with Crippen molar-refractivity contribution < 1.29 is 19.1 Å². The molecule has 10 heteroatoms. The third-order valence-electron chi connectivity index (χ3n) is 8.10. The third-order valence-corrected chi connectivity index (χ3v) is 8.10. The molecule has 3 aromatic rings. The fraction of sp³-hybridized carbons (Fsp3) is 0.432. The zero-order chi connectivity index (χ0) is 34.0. The molecule has 3 aromatic carbocycles. The van der Waals surface area contributed by atoms with E-state index in [2.05, 4.69) is 27.8 Å². The Morgan fingerprint density at radius 2 is 1.47 bits per heavy atom. The molecule has 1 saturated heterocycles. The van der Waals surface area contributed by atoms with Crippen LogP contribution in [-0.2, 0) is 11.3 Å². The van der Waals surface area contributed by atoms with E-state index in [9.17, 15) is 14.4 Å². The summed E-state index contributed by atoms with van der Waals surface area (Å²) in [6.07, 6.45) is 2.71. The van der Waals surface area contributed by atoms with Gasteiger partial charge in [0.1, 0.15) is 5.60 Å². The van der Waals surface area contributed by atoms with Crippen LogP contribution >= 0.6 is 0 Å². The van der Waals surface area contributed by atoms with Gasteiger partial charge in [0.25, 0.3) is 5.91 Å². The summed E-state index contributed by atoms with van der Waals surface area (Å²) in [5.74, 6) is 0.461. The highest BCUT2D eigenvalue weighted by Gasteiger charge is 2.20. The van der Waals surface area contributed by atoms with Crippen molar-refractivity contribution >= 4 is 40.8 Å². The lowest BCUT2D eigenvalue weighted by molar-refractivity contribution is 0.0635. The molecule has 0 radical (unpaired) electrons. The summed E-state index contributed by atoms with van der Waals surface area (Å²) < 4.78 is 5.35. The number of likely N-dealkylation sites (tertiary alicyclic amines) is 1.